The third-order valence-electron chi connectivity index (χ3n) is 4.43. The Morgan fingerprint density at radius 1 is 1.08 bits per heavy atom. The molecule has 0 fully saturated rings. The zero-order valence-corrected chi connectivity index (χ0v) is 14.8. The van der Waals surface area contributed by atoms with Crippen molar-refractivity contribution < 1.29 is 4.79 Å². The number of carbonyl (C=O) groups excluding carboxylic acids is 1. The van der Waals surface area contributed by atoms with Crippen LogP contribution in [0, 0.1) is 13.8 Å². The summed E-state index contributed by atoms with van der Waals surface area (Å²) in [5, 5.41) is 4.19. The van der Waals surface area contributed by atoms with Crippen molar-refractivity contribution in [1.82, 2.24) is 4.57 Å². The Labute approximate surface area is 143 Å². The summed E-state index contributed by atoms with van der Waals surface area (Å²) in [6.45, 7) is 8.76. The van der Waals surface area contributed by atoms with E-state index in [2.05, 4.69) is 56.4 Å². The van der Waals surface area contributed by atoms with Crippen LogP contribution in [0.3, 0.4) is 0 Å². The molecule has 24 heavy (non-hydrogen) atoms. The van der Waals surface area contributed by atoms with Crippen LogP contribution < -0.4 is 5.32 Å². The fourth-order valence-electron chi connectivity index (χ4n) is 3.01. The third-order valence-corrected chi connectivity index (χ3v) is 4.43. The molecule has 0 saturated heterocycles. The van der Waals surface area contributed by atoms with Crippen molar-refractivity contribution in [2.45, 2.75) is 40.2 Å². The normalized spacial score (nSPS) is 11.2. The standard InChI is InChI=1S/C21H24N2O/c1-14(2)17-6-8-20-18(12-17)9-10-23(20)13-21(24)22-19-7-5-15(3)11-16(19)4/h5-12,14H,13H2,1-4H3,(H,22,24). The molecule has 3 nitrogen and oxygen atoms in total. The van der Waals surface area contributed by atoms with Crippen molar-refractivity contribution in [3.63, 3.8) is 0 Å². The molecule has 3 rings (SSSR count). The van der Waals surface area contributed by atoms with Crippen LogP contribution in [0.2, 0.25) is 0 Å². The Bertz CT molecular complexity index is 890. The van der Waals surface area contributed by atoms with Crippen LogP contribution in [-0.2, 0) is 11.3 Å². The molecule has 0 spiro atoms. The van der Waals surface area contributed by atoms with Gasteiger partial charge in [-0.1, -0.05) is 37.6 Å². The lowest BCUT2D eigenvalue weighted by molar-refractivity contribution is -0.116. The lowest BCUT2D eigenvalue weighted by atomic mass is 10.0. The Hall–Kier alpha value is -2.55. The zero-order valence-electron chi connectivity index (χ0n) is 14.8. The minimum Gasteiger partial charge on any atom is -0.338 e. The van der Waals surface area contributed by atoms with Crippen LogP contribution in [0.5, 0.6) is 0 Å². The lowest BCUT2D eigenvalue weighted by Gasteiger charge is -2.11. The quantitative estimate of drug-likeness (QED) is 0.719. The molecule has 1 N–H and O–H groups in total. The van der Waals surface area contributed by atoms with Gasteiger partial charge in [0, 0.05) is 17.4 Å². The van der Waals surface area contributed by atoms with Gasteiger partial charge >= 0.3 is 0 Å². The summed E-state index contributed by atoms with van der Waals surface area (Å²) in [5.41, 5.74) is 5.57. The van der Waals surface area contributed by atoms with E-state index in [4.69, 9.17) is 0 Å². The van der Waals surface area contributed by atoms with Gasteiger partial charge in [-0.05, 0) is 60.5 Å². The summed E-state index contributed by atoms with van der Waals surface area (Å²) in [6.07, 6.45) is 1.98. The highest BCUT2D eigenvalue weighted by molar-refractivity contribution is 5.92. The number of nitrogens with one attached hydrogen (secondary N) is 1. The molecule has 0 saturated carbocycles. The van der Waals surface area contributed by atoms with Crippen LogP contribution in [0.1, 0.15) is 36.5 Å². The molecule has 2 aromatic carbocycles. The van der Waals surface area contributed by atoms with Crippen molar-refractivity contribution in [2.75, 3.05) is 5.32 Å². The molecule has 0 aliphatic heterocycles. The Morgan fingerprint density at radius 2 is 1.88 bits per heavy atom. The second kappa shape index (κ2) is 6.52. The van der Waals surface area contributed by atoms with Crippen LogP contribution in [0.15, 0.2) is 48.7 Å². The Morgan fingerprint density at radius 3 is 2.58 bits per heavy atom. The summed E-state index contributed by atoms with van der Waals surface area (Å²) >= 11 is 0. The highest BCUT2D eigenvalue weighted by Crippen LogP contribution is 2.22. The lowest BCUT2D eigenvalue weighted by Crippen LogP contribution is -2.18. The summed E-state index contributed by atoms with van der Waals surface area (Å²) < 4.78 is 2.00. The minimum absolute atomic E-state index is 0.00705. The highest BCUT2D eigenvalue weighted by Gasteiger charge is 2.09. The van der Waals surface area contributed by atoms with Crippen LogP contribution in [-0.4, -0.2) is 10.5 Å². The first-order chi connectivity index (χ1) is 11.4. The highest BCUT2D eigenvalue weighted by atomic mass is 16.1. The van der Waals surface area contributed by atoms with E-state index in [1.54, 1.807) is 0 Å². The molecule has 1 aromatic heterocycles. The maximum absolute atomic E-state index is 12.4. The van der Waals surface area contributed by atoms with Crippen molar-refractivity contribution in [3.8, 4) is 0 Å². The predicted octanol–water partition coefficient (Wildman–Crippen LogP) is 5.02. The van der Waals surface area contributed by atoms with Gasteiger partial charge in [-0.15, -0.1) is 0 Å². The number of anilines is 1. The van der Waals surface area contributed by atoms with E-state index in [1.165, 1.54) is 16.5 Å². The molecule has 1 amide bonds. The van der Waals surface area contributed by atoms with Gasteiger partial charge < -0.3 is 9.88 Å². The van der Waals surface area contributed by atoms with Gasteiger partial charge in [0.15, 0.2) is 0 Å². The molecular formula is C21H24N2O. The average molecular weight is 320 g/mol. The van der Waals surface area contributed by atoms with Crippen LogP contribution >= 0.6 is 0 Å². The number of nitrogens with zero attached hydrogens (tertiary/aromatic N) is 1. The van der Waals surface area contributed by atoms with E-state index in [0.717, 1.165) is 16.8 Å². The number of benzene rings is 2. The maximum atomic E-state index is 12.4. The van der Waals surface area contributed by atoms with Gasteiger partial charge in [0.05, 0.1) is 0 Å². The molecule has 0 unspecified atom stereocenters. The van der Waals surface area contributed by atoms with Crippen molar-refractivity contribution in [2.24, 2.45) is 0 Å². The molecule has 0 aliphatic rings. The maximum Gasteiger partial charge on any atom is 0.244 e. The van der Waals surface area contributed by atoms with Crippen LogP contribution in [0.25, 0.3) is 10.9 Å². The monoisotopic (exact) mass is 320 g/mol. The fraction of sp³-hybridized carbons (Fsp3) is 0.286. The SMILES string of the molecule is Cc1ccc(NC(=O)Cn2ccc3cc(C(C)C)ccc32)c(C)c1. The number of hydrogen-bond acceptors (Lipinski definition) is 1. The average Bonchev–Trinajstić information content (AvgIpc) is 2.92. The van der Waals surface area contributed by atoms with Gasteiger partial charge in [0.2, 0.25) is 5.91 Å². The summed E-state index contributed by atoms with van der Waals surface area (Å²) in [4.78, 5) is 12.4. The van der Waals surface area contributed by atoms with Crippen molar-refractivity contribution in [1.29, 1.82) is 0 Å². The third kappa shape index (κ3) is 3.35. The molecular weight excluding hydrogens is 296 g/mol. The number of carbonyl (C=O) groups is 1. The second-order valence-electron chi connectivity index (χ2n) is 6.78. The topological polar surface area (TPSA) is 34.0 Å². The first kappa shape index (κ1) is 16.3. The zero-order chi connectivity index (χ0) is 17.3. The van der Waals surface area contributed by atoms with E-state index in [-0.39, 0.29) is 5.91 Å². The van der Waals surface area contributed by atoms with E-state index in [9.17, 15) is 4.79 Å². The van der Waals surface area contributed by atoms with Crippen molar-refractivity contribution in [3.05, 3.63) is 65.4 Å². The van der Waals surface area contributed by atoms with E-state index >= 15 is 0 Å². The predicted molar refractivity (Wildman–Crippen MR) is 101 cm³/mol. The van der Waals surface area contributed by atoms with Gasteiger partial charge in [-0.2, -0.15) is 0 Å². The molecule has 0 radical (unpaired) electrons. The molecule has 1 heterocycles. The first-order valence-electron chi connectivity index (χ1n) is 8.40. The van der Waals surface area contributed by atoms with Gasteiger partial charge in [-0.3, -0.25) is 4.79 Å². The fourth-order valence-corrected chi connectivity index (χ4v) is 3.01. The largest absolute Gasteiger partial charge is 0.338 e. The van der Waals surface area contributed by atoms with Gasteiger partial charge in [0.1, 0.15) is 6.54 Å². The van der Waals surface area contributed by atoms with Crippen molar-refractivity contribution >= 4 is 22.5 Å². The Balaban J connectivity index is 1.78. The number of aromatic nitrogens is 1. The summed E-state index contributed by atoms with van der Waals surface area (Å²) in [7, 11) is 0. The second-order valence-corrected chi connectivity index (χ2v) is 6.78. The van der Waals surface area contributed by atoms with E-state index in [1.807, 2.05) is 29.8 Å². The molecule has 0 aliphatic carbocycles. The molecule has 0 atom stereocenters. The minimum atomic E-state index is -0.00705. The smallest absolute Gasteiger partial charge is 0.244 e. The number of amides is 1. The Kier molecular flexibility index (Phi) is 4.43. The number of fused-ring (bicyclic) bond motifs is 1. The molecule has 3 aromatic rings. The van der Waals surface area contributed by atoms with Gasteiger partial charge in [-0.25, -0.2) is 0 Å². The number of rotatable bonds is 4. The number of aryl methyl sites for hydroxylation is 2. The van der Waals surface area contributed by atoms with Gasteiger partial charge in [0.25, 0.3) is 0 Å². The molecule has 0 bridgehead atoms. The molecule has 124 valence electrons. The summed E-state index contributed by atoms with van der Waals surface area (Å²) in [5.74, 6) is 0.498. The van der Waals surface area contributed by atoms with E-state index in [0.29, 0.717) is 12.5 Å². The summed E-state index contributed by atoms with van der Waals surface area (Å²) in [6, 6.07) is 14.6. The number of hydrogen-bond donors (Lipinski definition) is 1. The van der Waals surface area contributed by atoms with Crippen LogP contribution in [0.4, 0.5) is 5.69 Å². The van der Waals surface area contributed by atoms with E-state index < -0.39 is 0 Å². The first-order valence-corrected chi connectivity index (χ1v) is 8.40. The molecule has 3 heteroatoms.